The van der Waals surface area contributed by atoms with Crippen LogP contribution in [0.3, 0.4) is 0 Å². The molecule has 148 valence electrons. The standard InChI is InChI=1S/C24H40O2/c1-22(14-25-4)11-9-17-16(13-22)5-6-19-18(17)10-12-23(2)20(19)7-8-21(23)24(3)15-26-24/h16-21H,5-15H2,1-4H3/t16-,17+,18-,19-,20+,21+,22+,23+,24?/m1/s1. The molecular formula is C24H40O2. The number of methoxy groups -OCH3 is 1. The van der Waals surface area contributed by atoms with Crippen LogP contribution in [0.5, 0.6) is 0 Å². The fourth-order valence-corrected chi connectivity index (χ4v) is 8.98. The molecular weight excluding hydrogens is 320 g/mol. The molecule has 26 heavy (non-hydrogen) atoms. The third-order valence-corrected chi connectivity index (χ3v) is 10.2. The van der Waals surface area contributed by atoms with E-state index in [1.807, 2.05) is 7.11 Å². The smallest absolute Gasteiger partial charge is 0.0921 e. The maximum Gasteiger partial charge on any atom is 0.0921 e. The highest BCUT2D eigenvalue weighted by molar-refractivity contribution is 5.12. The molecule has 9 atom stereocenters. The van der Waals surface area contributed by atoms with Crippen LogP contribution in [0.4, 0.5) is 0 Å². The van der Waals surface area contributed by atoms with Gasteiger partial charge in [0.05, 0.1) is 18.8 Å². The Morgan fingerprint density at radius 2 is 1.65 bits per heavy atom. The van der Waals surface area contributed by atoms with E-state index in [4.69, 9.17) is 9.47 Å². The third kappa shape index (κ3) is 2.57. The zero-order valence-corrected chi connectivity index (χ0v) is 17.6. The highest BCUT2D eigenvalue weighted by atomic mass is 16.6. The molecule has 1 unspecified atom stereocenters. The van der Waals surface area contributed by atoms with Gasteiger partial charge in [0.1, 0.15) is 0 Å². The Morgan fingerprint density at radius 1 is 0.885 bits per heavy atom. The molecule has 4 saturated carbocycles. The van der Waals surface area contributed by atoms with Gasteiger partial charge < -0.3 is 9.47 Å². The summed E-state index contributed by atoms with van der Waals surface area (Å²) in [6.45, 7) is 9.52. The number of ether oxygens (including phenoxy) is 2. The Balaban J connectivity index is 1.33. The summed E-state index contributed by atoms with van der Waals surface area (Å²) in [6, 6.07) is 0. The number of rotatable bonds is 3. The van der Waals surface area contributed by atoms with Crippen LogP contribution in [0.25, 0.3) is 0 Å². The van der Waals surface area contributed by atoms with Gasteiger partial charge in [-0.15, -0.1) is 0 Å². The number of fused-ring (bicyclic) bond motifs is 5. The van der Waals surface area contributed by atoms with E-state index < -0.39 is 0 Å². The lowest BCUT2D eigenvalue weighted by atomic mass is 9.48. The summed E-state index contributed by atoms with van der Waals surface area (Å²) in [5, 5.41) is 0. The molecule has 0 radical (unpaired) electrons. The van der Waals surface area contributed by atoms with E-state index in [-0.39, 0.29) is 5.60 Å². The first kappa shape index (κ1) is 18.0. The van der Waals surface area contributed by atoms with Crippen molar-refractivity contribution in [2.45, 2.75) is 84.2 Å². The minimum absolute atomic E-state index is 0.236. The van der Waals surface area contributed by atoms with Gasteiger partial charge in [0.25, 0.3) is 0 Å². The predicted molar refractivity (Wildman–Crippen MR) is 105 cm³/mol. The molecule has 0 aromatic carbocycles. The minimum Gasteiger partial charge on any atom is -0.384 e. The summed E-state index contributed by atoms with van der Waals surface area (Å²) in [4.78, 5) is 0. The quantitative estimate of drug-likeness (QED) is 0.602. The number of hydrogen-bond acceptors (Lipinski definition) is 2. The van der Waals surface area contributed by atoms with Gasteiger partial charge in [-0.1, -0.05) is 13.8 Å². The first-order valence-corrected chi connectivity index (χ1v) is 11.5. The maximum absolute atomic E-state index is 5.95. The summed E-state index contributed by atoms with van der Waals surface area (Å²) >= 11 is 0. The molecule has 0 amide bonds. The largest absolute Gasteiger partial charge is 0.384 e. The molecule has 0 aromatic heterocycles. The van der Waals surface area contributed by atoms with Crippen LogP contribution in [0.2, 0.25) is 0 Å². The molecule has 5 rings (SSSR count). The molecule has 1 aliphatic heterocycles. The number of hydrogen-bond donors (Lipinski definition) is 0. The average molecular weight is 361 g/mol. The molecule has 0 N–H and O–H groups in total. The summed E-state index contributed by atoms with van der Waals surface area (Å²) in [5.74, 6) is 5.88. The fraction of sp³-hybridized carbons (Fsp3) is 1.00. The van der Waals surface area contributed by atoms with Crippen LogP contribution < -0.4 is 0 Å². The van der Waals surface area contributed by atoms with E-state index in [0.717, 1.165) is 48.7 Å². The van der Waals surface area contributed by atoms with E-state index in [9.17, 15) is 0 Å². The van der Waals surface area contributed by atoms with Gasteiger partial charge in [-0.05, 0) is 111 Å². The molecule has 4 aliphatic carbocycles. The Kier molecular flexibility index (Phi) is 4.12. The molecule has 1 heterocycles. The van der Waals surface area contributed by atoms with Gasteiger partial charge in [-0.2, -0.15) is 0 Å². The minimum atomic E-state index is 0.236. The predicted octanol–water partition coefficient (Wildman–Crippen LogP) is 5.70. The van der Waals surface area contributed by atoms with Crippen molar-refractivity contribution in [2.24, 2.45) is 46.3 Å². The molecule has 0 bridgehead atoms. The Bertz CT molecular complexity index is 554. The monoisotopic (exact) mass is 360 g/mol. The summed E-state index contributed by atoms with van der Waals surface area (Å²) in [5.41, 5.74) is 1.25. The maximum atomic E-state index is 5.95. The van der Waals surface area contributed by atoms with E-state index in [2.05, 4.69) is 20.8 Å². The van der Waals surface area contributed by atoms with Crippen molar-refractivity contribution in [2.75, 3.05) is 20.3 Å². The topological polar surface area (TPSA) is 21.8 Å². The fourth-order valence-electron chi connectivity index (χ4n) is 8.98. The van der Waals surface area contributed by atoms with Crippen LogP contribution in [0.1, 0.15) is 78.6 Å². The van der Waals surface area contributed by atoms with Gasteiger partial charge in [0, 0.05) is 7.11 Å². The SMILES string of the molecule is COC[C@@]1(C)CC[C@H]2[C@H](CC[C@@H]3[C@@H]2CC[C@]2(C)[C@@H](C4(C)CO4)CC[C@@H]32)C1. The summed E-state index contributed by atoms with van der Waals surface area (Å²) in [6.07, 6.45) is 13.2. The molecule has 2 nitrogen and oxygen atoms in total. The van der Waals surface area contributed by atoms with Crippen molar-refractivity contribution >= 4 is 0 Å². The van der Waals surface area contributed by atoms with E-state index >= 15 is 0 Å². The highest BCUT2D eigenvalue weighted by Gasteiger charge is 2.63. The summed E-state index contributed by atoms with van der Waals surface area (Å²) in [7, 11) is 1.89. The normalized spacial score (nSPS) is 58.6. The first-order valence-electron chi connectivity index (χ1n) is 11.5. The average Bonchev–Trinajstić information content (AvgIpc) is 3.23. The second-order valence-corrected chi connectivity index (χ2v) is 11.7. The summed E-state index contributed by atoms with van der Waals surface area (Å²) < 4.78 is 11.5. The lowest BCUT2D eigenvalue weighted by Gasteiger charge is -2.57. The zero-order chi connectivity index (χ0) is 18.2. The van der Waals surface area contributed by atoms with Crippen molar-refractivity contribution in [3.8, 4) is 0 Å². The highest BCUT2D eigenvalue weighted by Crippen LogP contribution is 2.67. The van der Waals surface area contributed by atoms with Crippen molar-refractivity contribution in [1.29, 1.82) is 0 Å². The van der Waals surface area contributed by atoms with Gasteiger partial charge in [0.15, 0.2) is 0 Å². The molecule has 5 aliphatic rings. The van der Waals surface area contributed by atoms with Crippen LogP contribution in [-0.2, 0) is 9.47 Å². The van der Waals surface area contributed by atoms with Gasteiger partial charge in [-0.25, -0.2) is 0 Å². The van der Waals surface area contributed by atoms with Crippen LogP contribution >= 0.6 is 0 Å². The van der Waals surface area contributed by atoms with Gasteiger partial charge in [0.2, 0.25) is 0 Å². The molecule has 1 saturated heterocycles. The van der Waals surface area contributed by atoms with Crippen molar-refractivity contribution in [3.63, 3.8) is 0 Å². The van der Waals surface area contributed by atoms with Crippen molar-refractivity contribution in [3.05, 3.63) is 0 Å². The van der Waals surface area contributed by atoms with E-state index in [1.54, 1.807) is 0 Å². The third-order valence-electron chi connectivity index (χ3n) is 10.2. The second-order valence-electron chi connectivity index (χ2n) is 11.7. The van der Waals surface area contributed by atoms with Crippen molar-refractivity contribution in [1.82, 2.24) is 0 Å². The first-order chi connectivity index (χ1) is 12.4. The van der Waals surface area contributed by atoms with Crippen LogP contribution in [0, 0.1) is 46.3 Å². The lowest BCUT2D eigenvalue weighted by Crippen LogP contribution is -2.51. The van der Waals surface area contributed by atoms with Gasteiger partial charge >= 0.3 is 0 Å². The Hall–Kier alpha value is -0.0800. The Morgan fingerprint density at radius 3 is 2.38 bits per heavy atom. The Labute approximate surface area is 160 Å². The van der Waals surface area contributed by atoms with Gasteiger partial charge in [-0.3, -0.25) is 0 Å². The van der Waals surface area contributed by atoms with E-state index in [1.165, 1.54) is 57.8 Å². The zero-order valence-electron chi connectivity index (χ0n) is 17.6. The molecule has 2 heteroatoms. The number of epoxide rings is 1. The lowest BCUT2D eigenvalue weighted by molar-refractivity contribution is -0.0915. The van der Waals surface area contributed by atoms with E-state index in [0.29, 0.717) is 10.8 Å². The molecule has 0 aromatic rings. The van der Waals surface area contributed by atoms with Crippen molar-refractivity contribution < 1.29 is 9.47 Å². The molecule has 5 fully saturated rings. The second kappa shape index (κ2) is 5.96. The van der Waals surface area contributed by atoms with Crippen LogP contribution in [-0.4, -0.2) is 25.9 Å². The molecule has 0 spiro atoms. The van der Waals surface area contributed by atoms with Crippen LogP contribution in [0.15, 0.2) is 0 Å².